The third kappa shape index (κ3) is 3.20. The minimum absolute atomic E-state index is 0.478. The zero-order chi connectivity index (χ0) is 14.5. The highest BCUT2D eigenvalue weighted by Gasteiger charge is 2.16. The van der Waals surface area contributed by atoms with Gasteiger partial charge in [-0.2, -0.15) is 16.4 Å². The molecule has 0 bridgehead atoms. The van der Waals surface area contributed by atoms with Gasteiger partial charge in [0.15, 0.2) is 0 Å². The number of aliphatic hydroxyl groups excluding tert-OH is 1. The fourth-order valence-corrected chi connectivity index (χ4v) is 2.95. The van der Waals surface area contributed by atoms with Crippen molar-refractivity contribution >= 4 is 11.3 Å². The van der Waals surface area contributed by atoms with Crippen molar-refractivity contribution in [2.75, 3.05) is 13.7 Å². The first-order valence-corrected chi connectivity index (χ1v) is 7.61. The van der Waals surface area contributed by atoms with Crippen molar-refractivity contribution in [1.82, 2.24) is 15.1 Å². The van der Waals surface area contributed by atoms with E-state index in [0.29, 0.717) is 13.1 Å². The van der Waals surface area contributed by atoms with Crippen LogP contribution in [0.1, 0.15) is 29.8 Å². The molecule has 1 unspecified atom stereocenters. The molecule has 2 N–H and O–H groups in total. The molecule has 0 radical (unpaired) electrons. The Balaban J connectivity index is 1.97. The summed E-state index contributed by atoms with van der Waals surface area (Å²) in [6.45, 7) is 3.23. The summed E-state index contributed by atoms with van der Waals surface area (Å²) in [6.07, 6.45) is 0.385. The van der Waals surface area contributed by atoms with E-state index >= 15 is 0 Å². The first-order valence-electron chi connectivity index (χ1n) is 6.67. The number of aryl methyl sites for hydroxylation is 2. The lowest BCUT2D eigenvalue weighted by Crippen LogP contribution is -2.21. The molecule has 0 saturated heterocycles. The summed E-state index contributed by atoms with van der Waals surface area (Å²) in [7, 11) is 3.53. The molecule has 0 aliphatic carbocycles. The molecule has 20 heavy (non-hydrogen) atoms. The Morgan fingerprint density at radius 3 is 2.95 bits per heavy atom. The van der Waals surface area contributed by atoms with Gasteiger partial charge in [-0.3, -0.25) is 0 Å². The summed E-state index contributed by atoms with van der Waals surface area (Å²) in [5.41, 5.74) is 3.05. The number of aromatic nitrogens is 2. The molecule has 0 aromatic carbocycles. The van der Waals surface area contributed by atoms with Gasteiger partial charge in [0.25, 0.3) is 0 Å². The van der Waals surface area contributed by atoms with Gasteiger partial charge in [0, 0.05) is 20.1 Å². The number of thiophene rings is 1. The number of nitrogens with one attached hydrogen (secondary N) is 1. The lowest BCUT2D eigenvalue weighted by Gasteiger charge is -2.11. The molecule has 2 aromatic rings. The van der Waals surface area contributed by atoms with Crippen LogP contribution in [0.4, 0.5) is 0 Å². The van der Waals surface area contributed by atoms with Gasteiger partial charge in [-0.15, -0.1) is 0 Å². The standard InChI is InChI=1S/C14H21N3O2S/c1-4-12-11(14(19-3)17(2)16-12)7-15-8-13(18)10-5-6-20-9-10/h5-6,9,13,15,18H,4,7-8H2,1-3H3. The summed E-state index contributed by atoms with van der Waals surface area (Å²) in [6, 6.07) is 1.94. The Hall–Kier alpha value is -1.37. The molecule has 6 heteroatoms. The second kappa shape index (κ2) is 6.88. The maximum Gasteiger partial charge on any atom is 0.216 e. The second-order valence-electron chi connectivity index (χ2n) is 4.62. The van der Waals surface area contributed by atoms with Gasteiger partial charge in [-0.05, 0) is 28.8 Å². The van der Waals surface area contributed by atoms with Crippen molar-refractivity contribution in [3.8, 4) is 5.88 Å². The van der Waals surface area contributed by atoms with Crippen LogP contribution >= 0.6 is 11.3 Å². The molecule has 2 rings (SSSR count). The molecular formula is C14H21N3O2S. The van der Waals surface area contributed by atoms with E-state index in [1.165, 1.54) is 0 Å². The average Bonchev–Trinajstić information content (AvgIpc) is 3.06. The number of nitrogens with zero attached hydrogens (tertiary/aromatic N) is 2. The van der Waals surface area contributed by atoms with Crippen molar-refractivity contribution in [3.05, 3.63) is 33.6 Å². The quantitative estimate of drug-likeness (QED) is 0.819. The molecule has 0 saturated carbocycles. The minimum Gasteiger partial charge on any atom is -0.481 e. The fourth-order valence-electron chi connectivity index (χ4n) is 2.24. The Bertz CT molecular complexity index is 537. The number of hydrogen-bond donors (Lipinski definition) is 2. The predicted molar refractivity (Wildman–Crippen MR) is 80.1 cm³/mol. The van der Waals surface area contributed by atoms with Crippen molar-refractivity contribution in [2.24, 2.45) is 7.05 Å². The van der Waals surface area contributed by atoms with Crippen LogP contribution in [0.2, 0.25) is 0 Å². The molecule has 5 nitrogen and oxygen atoms in total. The van der Waals surface area contributed by atoms with E-state index in [-0.39, 0.29) is 0 Å². The number of rotatable bonds is 7. The average molecular weight is 295 g/mol. The summed E-state index contributed by atoms with van der Waals surface area (Å²) >= 11 is 1.59. The molecule has 0 amide bonds. The Labute approximate surface area is 123 Å². The van der Waals surface area contributed by atoms with E-state index < -0.39 is 6.10 Å². The highest BCUT2D eigenvalue weighted by atomic mass is 32.1. The van der Waals surface area contributed by atoms with Crippen LogP contribution in [0.15, 0.2) is 16.8 Å². The third-order valence-electron chi connectivity index (χ3n) is 3.27. The molecule has 110 valence electrons. The van der Waals surface area contributed by atoms with Crippen molar-refractivity contribution in [2.45, 2.75) is 26.0 Å². The van der Waals surface area contributed by atoms with Gasteiger partial charge in [-0.25, -0.2) is 4.68 Å². The van der Waals surface area contributed by atoms with Gasteiger partial charge in [-0.1, -0.05) is 6.92 Å². The topological polar surface area (TPSA) is 59.3 Å². The van der Waals surface area contributed by atoms with Crippen molar-refractivity contribution < 1.29 is 9.84 Å². The summed E-state index contributed by atoms with van der Waals surface area (Å²) in [4.78, 5) is 0. The summed E-state index contributed by atoms with van der Waals surface area (Å²) in [5.74, 6) is 0.777. The minimum atomic E-state index is -0.478. The first-order chi connectivity index (χ1) is 9.67. The van der Waals surface area contributed by atoms with Gasteiger partial charge >= 0.3 is 0 Å². The Morgan fingerprint density at radius 1 is 1.55 bits per heavy atom. The monoisotopic (exact) mass is 295 g/mol. The van der Waals surface area contributed by atoms with Gasteiger partial charge < -0.3 is 15.2 Å². The lowest BCUT2D eigenvalue weighted by molar-refractivity contribution is 0.174. The number of aliphatic hydroxyl groups is 1. The lowest BCUT2D eigenvalue weighted by atomic mass is 10.1. The SMILES string of the molecule is CCc1nn(C)c(OC)c1CNCC(O)c1ccsc1. The first kappa shape index (κ1) is 15.0. The second-order valence-corrected chi connectivity index (χ2v) is 5.40. The van der Waals surface area contributed by atoms with E-state index in [1.54, 1.807) is 23.1 Å². The van der Waals surface area contributed by atoms with Crippen LogP contribution in [0, 0.1) is 0 Å². The highest BCUT2D eigenvalue weighted by molar-refractivity contribution is 7.07. The fraction of sp³-hybridized carbons (Fsp3) is 0.500. The van der Waals surface area contributed by atoms with Crippen LogP contribution < -0.4 is 10.1 Å². The number of ether oxygens (including phenoxy) is 1. The van der Waals surface area contributed by atoms with E-state index in [2.05, 4.69) is 17.3 Å². The normalized spacial score (nSPS) is 12.6. The zero-order valence-corrected chi connectivity index (χ0v) is 12.9. The molecule has 2 heterocycles. The largest absolute Gasteiger partial charge is 0.481 e. The Kier molecular flexibility index (Phi) is 5.17. The molecular weight excluding hydrogens is 274 g/mol. The number of hydrogen-bond acceptors (Lipinski definition) is 5. The van der Waals surface area contributed by atoms with Crippen LogP contribution in [0.25, 0.3) is 0 Å². The molecule has 2 aromatic heterocycles. The molecule has 0 aliphatic heterocycles. The summed E-state index contributed by atoms with van der Waals surface area (Å²) < 4.78 is 7.14. The van der Waals surface area contributed by atoms with Gasteiger partial charge in [0.2, 0.25) is 5.88 Å². The van der Waals surface area contributed by atoms with Crippen LogP contribution in [0.3, 0.4) is 0 Å². The van der Waals surface area contributed by atoms with E-state index in [1.807, 2.05) is 23.9 Å². The van der Waals surface area contributed by atoms with Crippen molar-refractivity contribution in [3.63, 3.8) is 0 Å². The molecule has 0 aliphatic rings. The van der Waals surface area contributed by atoms with Crippen LogP contribution in [0.5, 0.6) is 5.88 Å². The van der Waals surface area contributed by atoms with E-state index in [0.717, 1.165) is 29.1 Å². The van der Waals surface area contributed by atoms with Crippen LogP contribution in [-0.4, -0.2) is 28.5 Å². The Morgan fingerprint density at radius 2 is 2.35 bits per heavy atom. The summed E-state index contributed by atoms with van der Waals surface area (Å²) in [5, 5.41) is 21.7. The highest BCUT2D eigenvalue weighted by Crippen LogP contribution is 2.22. The predicted octanol–water partition coefficient (Wildman–Crippen LogP) is 1.88. The third-order valence-corrected chi connectivity index (χ3v) is 3.97. The van der Waals surface area contributed by atoms with Crippen molar-refractivity contribution in [1.29, 1.82) is 0 Å². The zero-order valence-electron chi connectivity index (χ0n) is 12.1. The number of methoxy groups -OCH3 is 1. The maximum absolute atomic E-state index is 10.0. The van der Waals surface area contributed by atoms with Gasteiger partial charge in [0.05, 0.1) is 24.5 Å². The van der Waals surface area contributed by atoms with E-state index in [9.17, 15) is 5.11 Å². The molecule has 0 spiro atoms. The van der Waals surface area contributed by atoms with Crippen LogP contribution in [-0.2, 0) is 20.0 Å². The molecule has 0 fully saturated rings. The van der Waals surface area contributed by atoms with Gasteiger partial charge in [0.1, 0.15) is 0 Å². The van der Waals surface area contributed by atoms with E-state index in [4.69, 9.17) is 4.74 Å². The maximum atomic E-state index is 10.0. The smallest absolute Gasteiger partial charge is 0.216 e. The molecule has 1 atom stereocenters.